The molecule has 7 heteroatoms. The number of rotatable bonds is 6. The zero-order valence-corrected chi connectivity index (χ0v) is 11.3. The van der Waals surface area contributed by atoms with Gasteiger partial charge >= 0.3 is 5.97 Å². The maximum absolute atomic E-state index is 11.6. The minimum absolute atomic E-state index is 0.0500. The minimum Gasteiger partial charge on any atom is -0.484 e. The van der Waals surface area contributed by atoms with E-state index < -0.39 is 5.97 Å². The Morgan fingerprint density at radius 3 is 2.62 bits per heavy atom. The average Bonchev–Trinajstić information content (AvgIpc) is 2.83. The molecule has 0 atom stereocenters. The molecule has 1 aromatic carbocycles. The van der Waals surface area contributed by atoms with Crippen molar-refractivity contribution < 1.29 is 24.0 Å². The summed E-state index contributed by atoms with van der Waals surface area (Å²) in [5.41, 5.74) is 1.33. The molecule has 0 radical (unpaired) electrons. The van der Waals surface area contributed by atoms with Crippen molar-refractivity contribution in [3.8, 4) is 5.75 Å². The summed E-state index contributed by atoms with van der Waals surface area (Å²) in [6, 6.07) is 8.11. The summed E-state index contributed by atoms with van der Waals surface area (Å²) in [5.74, 6) is -0.530. The number of hydrogen-bond donors (Lipinski definition) is 2. The Hall–Kier alpha value is -2.83. The SMILES string of the molecule is Cc1cc(NC(=O)COc2ccc(CC(=O)O)cc2)on1. The van der Waals surface area contributed by atoms with Gasteiger partial charge in [0.25, 0.3) is 5.91 Å². The third kappa shape index (κ3) is 4.64. The number of carboxylic acids is 1. The topological polar surface area (TPSA) is 102 Å². The number of carboxylic acid groups (broad SMARTS) is 1. The number of carbonyl (C=O) groups excluding carboxylic acids is 1. The van der Waals surface area contributed by atoms with Crippen LogP contribution in [0, 0.1) is 6.92 Å². The molecule has 0 spiro atoms. The molecule has 2 aromatic rings. The molecule has 2 N–H and O–H groups in total. The van der Waals surface area contributed by atoms with Crippen molar-refractivity contribution in [2.75, 3.05) is 11.9 Å². The zero-order chi connectivity index (χ0) is 15.2. The number of benzene rings is 1. The van der Waals surface area contributed by atoms with Gasteiger partial charge in [-0.2, -0.15) is 0 Å². The monoisotopic (exact) mass is 290 g/mol. The molecular formula is C14H14N2O5. The number of nitrogens with one attached hydrogen (secondary N) is 1. The van der Waals surface area contributed by atoms with E-state index in [0.29, 0.717) is 17.0 Å². The predicted molar refractivity (Wildman–Crippen MR) is 73.1 cm³/mol. The molecule has 1 amide bonds. The molecule has 1 heterocycles. The summed E-state index contributed by atoms with van der Waals surface area (Å²) >= 11 is 0. The fourth-order valence-corrected chi connectivity index (χ4v) is 1.62. The lowest BCUT2D eigenvalue weighted by atomic mass is 10.1. The summed E-state index contributed by atoms with van der Waals surface area (Å²) < 4.78 is 10.1. The number of aliphatic carboxylic acids is 1. The predicted octanol–water partition coefficient (Wildman–Crippen LogP) is 1.63. The van der Waals surface area contributed by atoms with Crippen molar-refractivity contribution in [3.63, 3.8) is 0 Å². The fraction of sp³-hybridized carbons (Fsp3) is 0.214. The molecule has 1 aromatic heterocycles. The van der Waals surface area contributed by atoms with E-state index in [1.807, 2.05) is 0 Å². The smallest absolute Gasteiger partial charge is 0.307 e. The molecule has 0 aliphatic carbocycles. The van der Waals surface area contributed by atoms with Crippen LogP contribution in [0.3, 0.4) is 0 Å². The summed E-state index contributed by atoms with van der Waals surface area (Å²) in [4.78, 5) is 22.2. The molecule has 0 aliphatic rings. The van der Waals surface area contributed by atoms with Crippen LogP contribution in [0.5, 0.6) is 5.75 Å². The van der Waals surface area contributed by atoms with Crippen LogP contribution in [0.15, 0.2) is 34.9 Å². The van der Waals surface area contributed by atoms with Crippen LogP contribution in [0.2, 0.25) is 0 Å². The summed E-state index contributed by atoms with van der Waals surface area (Å²) in [6.45, 7) is 1.56. The van der Waals surface area contributed by atoms with E-state index in [4.69, 9.17) is 14.4 Å². The summed E-state index contributed by atoms with van der Waals surface area (Å²) in [5, 5.41) is 14.8. The van der Waals surface area contributed by atoms with Crippen LogP contribution in [0.1, 0.15) is 11.3 Å². The molecule has 0 aliphatic heterocycles. The Morgan fingerprint density at radius 1 is 1.33 bits per heavy atom. The number of amides is 1. The van der Waals surface area contributed by atoms with Crippen molar-refractivity contribution >= 4 is 17.8 Å². The van der Waals surface area contributed by atoms with Gasteiger partial charge in [0, 0.05) is 6.07 Å². The maximum Gasteiger partial charge on any atom is 0.307 e. The molecule has 7 nitrogen and oxygen atoms in total. The van der Waals surface area contributed by atoms with E-state index in [1.165, 1.54) is 0 Å². The maximum atomic E-state index is 11.6. The number of nitrogens with zero attached hydrogens (tertiary/aromatic N) is 1. The quantitative estimate of drug-likeness (QED) is 0.838. The van der Waals surface area contributed by atoms with Gasteiger partial charge in [-0.05, 0) is 24.6 Å². The van der Waals surface area contributed by atoms with Gasteiger partial charge in [0.1, 0.15) is 5.75 Å². The highest BCUT2D eigenvalue weighted by Crippen LogP contribution is 2.13. The first-order chi connectivity index (χ1) is 10.0. The highest BCUT2D eigenvalue weighted by molar-refractivity contribution is 5.90. The molecule has 21 heavy (non-hydrogen) atoms. The van der Waals surface area contributed by atoms with Crippen LogP contribution >= 0.6 is 0 Å². The van der Waals surface area contributed by atoms with Gasteiger partial charge in [0.05, 0.1) is 12.1 Å². The first-order valence-corrected chi connectivity index (χ1v) is 6.19. The first kappa shape index (κ1) is 14.6. The van der Waals surface area contributed by atoms with Crippen LogP contribution < -0.4 is 10.1 Å². The molecule has 0 bridgehead atoms. The van der Waals surface area contributed by atoms with Gasteiger partial charge in [-0.3, -0.25) is 14.9 Å². The van der Waals surface area contributed by atoms with Gasteiger partial charge in [0.15, 0.2) is 6.61 Å². The van der Waals surface area contributed by atoms with Gasteiger partial charge in [-0.15, -0.1) is 0 Å². The van der Waals surface area contributed by atoms with Crippen LogP contribution in [0.25, 0.3) is 0 Å². The second-order valence-electron chi connectivity index (χ2n) is 4.38. The number of ether oxygens (including phenoxy) is 1. The lowest BCUT2D eigenvalue weighted by Gasteiger charge is -2.06. The Labute approximate surface area is 120 Å². The van der Waals surface area contributed by atoms with Crippen LogP contribution in [-0.2, 0) is 16.0 Å². The molecular weight excluding hydrogens is 276 g/mol. The molecule has 0 saturated carbocycles. The Morgan fingerprint density at radius 2 is 2.05 bits per heavy atom. The minimum atomic E-state index is -0.898. The van der Waals surface area contributed by atoms with E-state index in [9.17, 15) is 9.59 Å². The fourth-order valence-electron chi connectivity index (χ4n) is 1.62. The second-order valence-corrected chi connectivity index (χ2v) is 4.38. The Kier molecular flexibility index (Phi) is 4.55. The second kappa shape index (κ2) is 6.56. The number of anilines is 1. The number of carbonyl (C=O) groups is 2. The third-order valence-electron chi connectivity index (χ3n) is 2.54. The van der Waals surface area contributed by atoms with Crippen molar-refractivity contribution in [3.05, 3.63) is 41.6 Å². The van der Waals surface area contributed by atoms with Crippen molar-refractivity contribution in [2.45, 2.75) is 13.3 Å². The molecule has 0 saturated heterocycles. The summed E-state index contributed by atoms with van der Waals surface area (Å²) in [6.07, 6.45) is -0.0500. The largest absolute Gasteiger partial charge is 0.484 e. The van der Waals surface area contributed by atoms with E-state index in [1.54, 1.807) is 37.3 Å². The van der Waals surface area contributed by atoms with Crippen LogP contribution in [0.4, 0.5) is 5.88 Å². The van der Waals surface area contributed by atoms with Gasteiger partial charge in [-0.1, -0.05) is 17.3 Å². The Balaban J connectivity index is 1.82. The van der Waals surface area contributed by atoms with Crippen molar-refractivity contribution in [2.24, 2.45) is 0 Å². The lowest BCUT2D eigenvalue weighted by molar-refractivity contribution is -0.136. The van der Waals surface area contributed by atoms with E-state index in [0.717, 1.165) is 0 Å². The van der Waals surface area contributed by atoms with Crippen molar-refractivity contribution in [1.82, 2.24) is 5.16 Å². The molecule has 110 valence electrons. The van der Waals surface area contributed by atoms with Gasteiger partial charge < -0.3 is 14.4 Å². The van der Waals surface area contributed by atoms with E-state index in [-0.39, 0.29) is 24.8 Å². The van der Waals surface area contributed by atoms with Gasteiger partial charge in [-0.25, -0.2) is 0 Å². The highest BCUT2D eigenvalue weighted by Gasteiger charge is 2.07. The molecule has 2 rings (SSSR count). The number of hydrogen-bond acceptors (Lipinski definition) is 5. The summed E-state index contributed by atoms with van der Waals surface area (Å²) in [7, 11) is 0. The standard InChI is InChI=1S/C14H14N2O5/c1-9-6-13(21-16-9)15-12(17)8-20-11-4-2-10(3-5-11)7-14(18)19/h2-6H,7-8H2,1H3,(H,15,17)(H,18,19). The lowest BCUT2D eigenvalue weighted by Crippen LogP contribution is -2.19. The van der Waals surface area contributed by atoms with Crippen molar-refractivity contribution in [1.29, 1.82) is 0 Å². The first-order valence-electron chi connectivity index (χ1n) is 6.19. The van der Waals surface area contributed by atoms with E-state index >= 15 is 0 Å². The highest BCUT2D eigenvalue weighted by atomic mass is 16.5. The number of aryl methyl sites for hydroxylation is 1. The van der Waals surface area contributed by atoms with Crippen LogP contribution in [-0.4, -0.2) is 28.7 Å². The normalized spacial score (nSPS) is 10.1. The third-order valence-corrected chi connectivity index (χ3v) is 2.54. The van der Waals surface area contributed by atoms with Gasteiger partial charge in [0.2, 0.25) is 5.88 Å². The Bertz CT molecular complexity index is 633. The average molecular weight is 290 g/mol. The molecule has 0 fully saturated rings. The number of aromatic nitrogens is 1. The van der Waals surface area contributed by atoms with E-state index in [2.05, 4.69) is 10.5 Å². The molecule has 0 unspecified atom stereocenters. The zero-order valence-electron chi connectivity index (χ0n) is 11.3.